The maximum absolute atomic E-state index is 12.5. The van der Waals surface area contributed by atoms with E-state index < -0.39 is 0 Å². The van der Waals surface area contributed by atoms with Crippen LogP contribution in [0.3, 0.4) is 0 Å². The Labute approximate surface area is 140 Å². The van der Waals surface area contributed by atoms with Gasteiger partial charge in [0, 0.05) is 18.2 Å². The number of methoxy groups -OCH3 is 2. The summed E-state index contributed by atoms with van der Waals surface area (Å²) in [5.74, 6) is 1.70. The molecule has 1 aliphatic rings. The van der Waals surface area contributed by atoms with Crippen molar-refractivity contribution < 1.29 is 14.3 Å². The summed E-state index contributed by atoms with van der Waals surface area (Å²) in [7, 11) is 3.20. The molecule has 4 nitrogen and oxygen atoms in total. The predicted octanol–water partition coefficient (Wildman–Crippen LogP) is 3.56. The first kappa shape index (κ1) is 16.8. The van der Waals surface area contributed by atoms with Crippen LogP contribution in [0.15, 0.2) is 23.1 Å². The average Bonchev–Trinajstić information content (AvgIpc) is 2.75. The van der Waals surface area contributed by atoms with Crippen LogP contribution in [0, 0.1) is 5.92 Å². The molecule has 0 unspecified atom stereocenters. The standard InChI is InChI=1S/C16H19NO3S2/c1-10(2)9-17-15(18)14(22-16(17)21)7-11-5-6-12(19-3)8-13(11)20-4/h5-8,10H,9H2,1-4H3/b14-7+. The molecule has 0 spiro atoms. The molecule has 0 aliphatic carbocycles. The molecule has 1 heterocycles. The largest absolute Gasteiger partial charge is 0.497 e. The van der Waals surface area contributed by atoms with Crippen LogP contribution >= 0.6 is 24.0 Å². The van der Waals surface area contributed by atoms with Crippen LogP contribution < -0.4 is 9.47 Å². The first-order valence-corrected chi connectivity index (χ1v) is 8.16. The second-order valence-electron chi connectivity index (χ2n) is 5.29. The van der Waals surface area contributed by atoms with E-state index in [1.807, 2.05) is 18.2 Å². The third-order valence-electron chi connectivity index (χ3n) is 3.15. The molecular weight excluding hydrogens is 318 g/mol. The van der Waals surface area contributed by atoms with Crippen LogP contribution in [0.5, 0.6) is 11.5 Å². The Morgan fingerprint density at radius 3 is 2.64 bits per heavy atom. The Morgan fingerprint density at radius 1 is 1.32 bits per heavy atom. The minimum absolute atomic E-state index is 0.0402. The Kier molecular flexibility index (Phi) is 5.47. The van der Waals surface area contributed by atoms with Crippen LogP contribution in [0.2, 0.25) is 0 Å². The van der Waals surface area contributed by atoms with Crippen LogP contribution in [-0.4, -0.2) is 35.9 Å². The van der Waals surface area contributed by atoms with E-state index in [0.29, 0.717) is 33.2 Å². The fraction of sp³-hybridized carbons (Fsp3) is 0.375. The molecule has 1 aromatic rings. The second-order valence-corrected chi connectivity index (χ2v) is 6.97. The quantitative estimate of drug-likeness (QED) is 0.607. The van der Waals surface area contributed by atoms with E-state index >= 15 is 0 Å². The molecule has 118 valence electrons. The second kappa shape index (κ2) is 7.15. The van der Waals surface area contributed by atoms with Crippen LogP contribution in [0.1, 0.15) is 19.4 Å². The summed E-state index contributed by atoms with van der Waals surface area (Å²) < 4.78 is 11.1. The van der Waals surface area contributed by atoms with Gasteiger partial charge in [-0.15, -0.1) is 0 Å². The molecule has 2 rings (SSSR count). The number of benzene rings is 1. The van der Waals surface area contributed by atoms with E-state index in [0.717, 1.165) is 5.56 Å². The number of hydrogen-bond acceptors (Lipinski definition) is 5. The number of amides is 1. The highest BCUT2D eigenvalue weighted by atomic mass is 32.2. The lowest BCUT2D eigenvalue weighted by molar-refractivity contribution is -0.122. The number of hydrogen-bond donors (Lipinski definition) is 0. The first-order valence-electron chi connectivity index (χ1n) is 6.93. The first-order chi connectivity index (χ1) is 10.5. The van der Waals surface area contributed by atoms with Crippen molar-refractivity contribution in [3.05, 3.63) is 28.7 Å². The van der Waals surface area contributed by atoms with E-state index in [2.05, 4.69) is 13.8 Å². The van der Waals surface area contributed by atoms with Crippen molar-refractivity contribution in [3.8, 4) is 11.5 Å². The summed E-state index contributed by atoms with van der Waals surface area (Å²) in [6, 6.07) is 5.50. The van der Waals surface area contributed by atoms with Crippen molar-refractivity contribution in [2.24, 2.45) is 5.92 Å². The topological polar surface area (TPSA) is 38.8 Å². The fourth-order valence-corrected chi connectivity index (χ4v) is 3.37. The van der Waals surface area contributed by atoms with Crippen molar-refractivity contribution >= 4 is 40.3 Å². The Hall–Kier alpha value is -1.53. The zero-order valence-electron chi connectivity index (χ0n) is 13.1. The summed E-state index contributed by atoms with van der Waals surface area (Å²) in [5, 5.41) is 0. The molecule has 1 aliphatic heterocycles. The fourth-order valence-electron chi connectivity index (χ4n) is 2.10. The van der Waals surface area contributed by atoms with E-state index in [-0.39, 0.29) is 5.91 Å². The molecule has 0 bridgehead atoms. The highest BCUT2D eigenvalue weighted by Gasteiger charge is 2.32. The highest BCUT2D eigenvalue weighted by molar-refractivity contribution is 8.26. The van der Waals surface area contributed by atoms with Gasteiger partial charge in [-0.25, -0.2) is 0 Å². The van der Waals surface area contributed by atoms with Crippen LogP contribution in [-0.2, 0) is 4.79 Å². The molecular formula is C16H19NO3S2. The molecule has 0 radical (unpaired) electrons. The van der Waals surface area contributed by atoms with E-state index in [1.54, 1.807) is 25.2 Å². The van der Waals surface area contributed by atoms with Gasteiger partial charge in [0.05, 0.1) is 19.1 Å². The van der Waals surface area contributed by atoms with Crippen LogP contribution in [0.25, 0.3) is 6.08 Å². The lowest BCUT2D eigenvalue weighted by Gasteiger charge is -2.16. The molecule has 22 heavy (non-hydrogen) atoms. The molecule has 1 saturated heterocycles. The van der Waals surface area contributed by atoms with Crippen molar-refractivity contribution in [2.45, 2.75) is 13.8 Å². The van der Waals surface area contributed by atoms with Crippen molar-refractivity contribution in [2.75, 3.05) is 20.8 Å². The van der Waals surface area contributed by atoms with Crippen molar-refractivity contribution in [1.29, 1.82) is 0 Å². The summed E-state index contributed by atoms with van der Waals surface area (Å²) >= 11 is 6.64. The Bertz CT molecular complexity index is 626. The number of carbonyl (C=O) groups excluding carboxylic acids is 1. The highest BCUT2D eigenvalue weighted by Crippen LogP contribution is 2.35. The zero-order valence-corrected chi connectivity index (χ0v) is 14.7. The summed E-state index contributed by atoms with van der Waals surface area (Å²) in [6.45, 7) is 4.77. The molecule has 0 atom stereocenters. The monoisotopic (exact) mass is 337 g/mol. The van der Waals surface area contributed by atoms with E-state index in [1.165, 1.54) is 11.8 Å². The summed E-state index contributed by atoms with van der Waals surface area (Å²) in [5.41, 5.74) is 0.827. The molecule has 0 N–H and O–H groups in total. The maximum atomic E-state index is 12.5. The molecule has 0 aromatic heterocycles. The summed E-state index contributed by atoms with van der Waals surface area (Å²) in [4.78, 5) is 14.7. The molecule has 1 fully saturated rings. The number of nitrogens with zero attached hydrogens (tertiary/aromatic N) is 1. The van der Waals surface area contributed by atoms with Gasteiger partial charge in [0.2, 0.25) is 0 Å². The zero-order chi connectivity index (χ0) is 16.3. The predicted molar refractivity (Wildman–Crippen MR) is 94.3 cm³/mol. The number of rotatable bonds is 5. The summed E-state index contributed by atoms with van der Waals surface area (Å²) in [6.07, 6.45) is 1.82. The number of ether oxygens (including phenoxy) is 2. The van der Waals surface area contributed by atoms with E-state index in [9.17, 15) is 4.79 Å². The molecule has 6 heteroatoms. The molecule has 0 saturated carbocycles. The van der Waals surface area contributed by atoms with E-state index in [4.69, 9.17) is 21.7 Å². The molecule has 1 amide bonds. The SMILES string of the molecule is COc1ccc(/C=C2/SC(=S)N(CC(C)C)C2=O)c(OC)c1. The Balaban J connectivity index is 2.30. The van der Waals surface area contributed by atoms with Gasteiger partial charge in [-0.1, -0.05) is 37.8 Å². The third kappa shape index (κ3) is 3.62. The van der Waals surface area contributed by atoms with Crippen LogP contribution in [0.4, 0.5) is 0 Å². The van der Waals surface area contributed by atoms with Crippen molar-refractivity contribution in [1.82, 2.24) is 4.90 Å². The van der Waals surface area contributed by atoms with Gasteiger partial charge < -0.3 is 9.47 Å². The van der Waals surface area contributed by atoms with Gasteiger partial charge in [-0.3, -0.25) is 9.69 Å². The minimum atomic E-state index is -0.0402. The third-order valence-corrected chi connectivity index (χ3v) is 4.53. The van der Waals surface area contributed by atoms with Gasteiger partial charge in [0.25, 0.3) is 5.91 Å². The normalized spacial score (nSPS) is 16.8. The smallest absolute Gasteiger partial charge is 0.266 e. The Morgan fingerprint density at radius 2 is 2.05 bits per heavy atom. The molecule has 1 aromatic carbocycles. The van der Waals surface area contributed by atoms with Gasteiger partial charge in [-0.2, -0.15) is 0 Å². The van der Waals surface area contributed by atoms with Gasteiger partial charge >= 0.3 is 0 Å². The number of thiocarbonyl (C=S) groups is 1. The van der Waals surface area contributed by atoms with Crippen molar-refractivity contribution in [3.63, 3.8) is 0 Å². The number of thioether (sulfide) groups is 1. The van der Waals surface area contributed by atoms with Gasteiger partial charge in [0.1, 0.15) is 15.8 Å². The average molecular weight is 337 g/mol. The lowest BCUT2D eigenvalue weighted by atomic mass is 10.1. The minimum Gasteiger partial charge on any atom is -0.497 e. The van der Waals surface area contributed by atoms with Gasteiger partial charge in [-0.05, 0) is 24.1 Å². The number of carbonyl (C=O) groups is 1. The lowest BCUT2D eigenvalue weighted by Crippen LogP contribution is -2.31. The maximum Gasteiger partial charge on any atom is 0.266 e. The van der Waals surface area contributed by atoms with Gasteiger partial charge in [0.15, 0.2) is 0 Å².